The van der Waals surface area contributed by atoms with E-state index in [0.29, 0.717) is 6.54 Å². The number of nitrogens with two attached hydrogens (primary N) is 1. The topological polar surface area (TPSA) is 76.8 Å². The van der Waals surface area contributed by atoms with Crippen molar-refractivity contribution >= 4 is 5.91 Å². The summed E-state index contributed by atoms with van der Waals surface area (Å²) in [7, 11) is 5.02. The van der Waals surface area contributed by atoms with Gasteiger partial charge >= 0.3 is 0 Å². The average Bonchev–Trinajstić information content (AvgIpc) is 2.44. The lowest BCUT2D eigenvalue weighted by molar-refractivity contribution is -0.128. The van der Waals surface area contributed by atoms with Gasteiger partial charge in [0.25, 0.3) is 5.91 Å². The number of hydrogen-bond acceptors (Lipinski definition) is 5. The standard InChI is InChI=1S/C13H21N3O3/c1-16(12(9-18-2)13(17)15-14)8-10-5-4-6-11(7-10)19-3/h4-7,12H,8-9,14H2,1-3H3,(H,15,17). The summed E-state index contributed by atoms with van der Waals surface area (Å²) in [4.78, 5) is 13.5. The number of benzene rings is 1. The van der Waals surface area contributed by atoms with Crippen LogP contribution in [0, 0.1) is 0 Å². The molecule has 6 heteroatoms. The predicted octanol–water partition coefficient (Wildman–Crippen LogP) is 0.132. The van der Waals surface area contributed by atoms with Gasteiger partial charge in [-0.2, -0.15) is 0 Å². The number of carbonyl (C=O) groups is 1. The number of nitrogens with zero attached hydrogens (tertiary/aromatic N) is 1. The zero-order chi connectivity index (χ0) is 14.3. The molecule has 0 radical (unpaired) electrons. The Balaban J connectivity index is 2.74. The minimum Gasteiger partial charge on any atom is -0.497 e. The molecule has 19 heavy (non-hydrogen) atoms. The fourth-order valence-electron chi connectivity index (χ4n) is 1.83. The lowest BCUT2D eigenvalue weighted by Crippen LogP contribution is -2.49. The Bertz CT molecular complexity index is 412. The molecule has 1 amide bonds. The molecule has 1 aromatic rings. The van der Waals surface area contributed by atoms with Crippen molar-refractivity contribution in [2.24, 2.45) is 5.84 Å². The van der Waals surface area contributed by atoms with Gasteiger partial charge in [-0.15, -0.1) is 0 Å². The molecular formula is C13H21N3O3. The highest BCUT2D eigenvalue weighted by Crippen LogP contribution is 2.14. The van der Waals surface area contributed by atoms with Gasteiger partial charge in [-0.1, -0.05) is 12.1 Å². The van der Waals surface area contributed by atoms with Crippen LogP contribution in [0.15, 0.2) is 24.3 Å². The van der Waals surface area contributed by atoms with Crippen LogP contribution in [-0.4, -0.2) is 44.7 Å². The molecule has 1 atom stereocenters. The Kier molecular flexibility index (Phi) is 6.27. The Morgan fingerprint density at radius 2 is 2.21 bits per heavy atom. The van der Waals surface area contributed by atoms with E-state index < -0.39 is 6.04 Å². The molecule has 3 N–H and O–H groups in total. The SMILES string of the molecule is COCC(C(=O)NN)N(C)Cc1cccc(OC)c1. The number of amides is 1. The number of hydrazine groups is 1. The minimum atomic E-state index is -0.429. The van der Waals surface area contributed by atoms with E-state index in [-0.39, 0.29) is 12.5 Å². The smallest absolute Gasteiger partial charge is 0.253 e. The van der Waals surface area contributed by atoms with E-state index in [1.165, 1.54) is 0 Å². The van der Waals surface area contributed by atoms with Crippen molar-refractivity contribution in [3.05, 3.63) is 29.8 Å². The summed E-state index contributed by atoms with van der Waals surface area (Å²) in [6.07, 6.45) is 0. The highest BCUT2D eigenvalue weighted by molar-refractivity contribution is 5.81. The van der Waals surface area contributed by atoms with Crippen molar-refractivity contribution in [3.8, 4) is 5.75 Å². The van der Waals surface area contributed by atoms with Crippen molar-refractivity contribution in [2.45, 2.75) is 12.6 Å². The molecule has 106 valence electrons. The number of ether oxygens (including phenoxy) is 2. The van der Waals surface area contributed by atoms with E-state index in [1.807, 2.05) is 36.2 Å². The van der Waals surface area contributed by atoms with Crippen molar-refractivity contribution in [1.82, 2.24) is 10.3 Å². The van der Waals surface area contributed by atoms with E-state index in [9.17, 15) is 4.79 Å². The number of likely N-dealkylation sites (N-methyl/N-ethyl adjacent to an activating group) is 1. The number of methoxy groups -OCH3 is 2. The summed E-state index contributed by atoms with van der Waals surface area (Å²) >= 11 is 0. The maximum absolute atomic E-state index is 11.7. The summed E-state index contributed by atoms with van der Waals surface area (Å²) in [6, 6.07) is 7.27. The van der Waals surface area contributed by atoms with Gasteiger partial charge in [-0.3, -0.25) is 15.1 Å². The van der Waals surface area contributed by atoms with Gasteiger partial charge in [0.2, 0.25) is 0 Å². The fraction of sp³-hybridized carbons (Fsp3) is 0.462. The van der Waals surface area contributed by atoms with Crippen LogP contribution in [0.4, 0.5) is 0 Å². The number of carbonyl (C=O) groups excluding carboxylic acids is 1. The Labute approximate surface area is 113 Å². The lowest BCUT2D eigenvalue weighted by Gasteiger charge is -2.25. The quantitative estimate of drug-likeness (QED) is 0.417. The molecule has 1 unspecified atom stereocenters. The fourth-order valence-corrected chi connectivity index (χ4v) is 1.83. The average molecular weight is 267 g/mol. The Morgan fingerprint density at radius 3 is 2.79 bits per heavy atom. The van der Waals surface area contributed by atoms with Gasteiger partial charge in [0.15, 0.2) is 0 Å². The largest absolute Gasteiger partial charge is 0.497 e. The molecule has 0 bridgehead atoms. The van der Waals surface area contributed by atoms with E-state index in [2.05, 4.69) is 5.43 Å². The summed E-state index contributed by atoms with van der Waals surface area (Å²) in [6.45, 7) is 0.877. The highest BCUT2D eigenvalue weighted by atomic mass is 16.5. The first kappa shape index (κ1) is 15.4. The first-order valence-corrected chi connectivity index (χ1v) is 5.95. The number of hydrogen-bond donors (Lipinski definition) is 2. The van der Waals surface area contributed by atoms with Crippen molar-refractivity contribution in [2.75, 3.05) is 27.9 Å². The second-order valence-corrected chi connectivity index (χ2v) is 4.25. The zero-order valence-corrected chi connectivity index (χ0v) is 11.6. The molecular weight excluding hydrogens is 246 g/mol. The summed E-state index contributed by atoms with van der Waals surface area (Å²) in [5.74, 6) is 5.70. The van der Waals surface area contributed by atoms with Gasteiger partial charge in [0, 0.05) is 13.7 Å². The van der Waals surface area contributed by atoms with Crippen LogP contribution >= 0.6 is 0 Å². The number of rotatable bonds is 7. The van der Waals surface area contributed by atoms with E-state index in [4.69, 9.17) is 15.3 Å². The third-order valence-electron chi connectivity index (χ3n) is 2.87. The van der Waals surface area contributed by atoms with Crippen LogP contribution in [0.1, 0.15) is 5.56 Å². The second kappa shape index (κ2) is 7.73. The summed E-state index contributed by atoms with van der Waals surface area (Å²) in [5, 5.41) is 0. The van der Waals surface area contributed by atoms with Gasteiger partial charge in [-0.05, 0) is 24.7 Å². The molecule has 0 aliphatic rings. The lowest BCUT2D eigenvalue weighted by atomic mass is 10.1. The third kappa shape index (κ3) is 4.51. The van der Waals surface area contributed by atoms with Crippen molar-refractivity contribution < 1.29 is 14.3 Å². The molecule has 0 fully saturated rings. The summed E-state index contributed by atoms with van der Waals surface area (Å²) in [5.41, 5.74) is 3.20. The molecule has 0 heterocycles. The van der Waals surface area contributed by atoms with Crippen LogP contribution in [-0.2, 0) is 16.1 Å². The van der Waals surface area contributed by atoms with Crippen LogP contribution < -0.4 is 16.0 Å². The van der Waals surface area contributed by atoms with Crippen LogP contribution in [0.5, 0.6) is 5.75 Å². The van der Waals surface area contributed by atoms with Crippen molar-refractivity contribution in [3.63, 3.8) is 0 Å². The maximum atomic E-state index is 11.7. The van der Waals surface area contributed by atoms with Crippen LogP contribution in [0.2, 0.25) is 0 Å². The van der Waals surface area contributed by atoms with E-state index in [1.54, 1.807) is 14.2 Å². The molecule has 0 saturated carbocycles. The minimum absolute atomic E-state index is 0.271. The Morgan fingerprint density at radius 1 is 1.47 bits per heavy atom. The Hall–Kier alpha value is -1.63. The number of nitrogens with one attached hydrogen (secondary N) is 1. The van der Waals surface area contributed by atoms with E-state index in [0.717, 1.165) is 11.3 Å². The third-order valence-corrected chi connectivity index (χ3v) is 2.87. The summed E-state index contributed by atoms with van der Waals surface area (Å²) < 4.78 is 10.2. The maximum Gasteiger partial charge on any atom is 0.253 e. The van der Waals surface area contributed by atoms with Crippen molar-refractivity contribution in [1.29, 1.82) is 0 Å². The van der Waals surface area contributed by atoms with Gasteiger partial charge in [-0.25, -0.2) is 5.84 Å². The van der Waals surface area contributed by atoms with Crippen LogP contribution in [0.3, 0.4) is 0 Å². The molecule has 0 spiro atoms. The molecule has 0 aliphatic heterocycles. The molecule has 1 rings (SSSR count). The van der Waals surface area contributed by atoms with E-state index >= 15 is 0 Å². The van der Waals surface area contributed by atoms with Gasteiger partial charge < -0.3 is 9.47 Å². The first-order chi connectivity index (χ1) is 9.12. The first-order valence-electron chi connectivity index (χ1n) is 5.95. The van der Waals surface area contributed by atoms with Gasteiger partial charge in [0.05, 0.1) is 13.7 Å². The molecule has 6 nitrogen and oxygen atoms in total. The van der Waals surface area contributed by atoms with Crippen LogP contribution in [0.25, 0.3) is 0 Å². The van der Waals surface area contributed by atoms with Gasteiger partial charge in [0.1, 0.15) is 11.8 Å². The molecule has 1 aromatic carbocycles. The predicted molar refractivity (Wildman–Crippen MR) is 72.5 cm³/mol. The molecule has 0 saturated heterocycles. The normalized spacial score (nSPS) is 12.3. The highest BCUT2D eigenvalue weighted by Gasteiger charge is 2.22. The second-order valence-electron chi connectivity index (χ2n) is 4.25. The monoisotopic (exact) mass is 267 g/mol. The molecule has 0 aromatic heterocycles. The zero-order valence-electron chi connectivity index (χ0n) is 11.6. The molecule has 0 aliphatic carbocycles.